The summed E-state index contributed by atoms with van der Waals surface area (Å²) in [4.78, 5) is -0.115. The molecule has 0 N–H and O–H groups in total. The molecule has 0 saturated carbocycles. The van der Waals surface area contributed by atoms with Crippen molar-refractivity contribution in [1.29, 1.82) is 0 Å². The molecule has 0 spiro atoms. The zero-order valence-electron chi connectivity index (χ0n) is 63.6. The summed E-state index contributed by atoms with van der Waals surface area (Å²) < 4.78 is 77.4. The average Bonchev–Trinajstić information content (AvgIpc) is 0.733. The highest BCUT2D eigenvalue weighted by Gasteiger charge is 2.57. The Labute approximate surface area is 668 Å². The van der Waals surface area contributed by atoms with Gasteiger partial charge >= 0.3 is 0 Å². The number of benzene rings is 14. The van der Waals surface area contributed by atoms with E-state index in [0.29, 0.717) is 23.6 Å². The minimum atomic E-state index is -4.58. The van der Waals surface area contributed by atoms with Gasteiger partial charge in [-0.15, -0.1) is 0 Å². The Hall–Kier alpha value is -9.12. The van der Waals surface area contributed by atoms with Crippen LogP contribution in [0.15, 0.2) is 410 Å². The Kier molecular flexibility index (Phi) is 27.1. The van der Waals surface area contributed by atoms with E-state index in [1.54, 1.807) is 36.4 Å². The number of hydrogen-bond acceptors (Lipinski definition) is 6. The highest BCUT2D eigenvalue weighted by Crippen LogP contribution is 2.64. The first-order chi connectivity index (χ1) is 55.1. The smallest absolute Gasteiger partial charge is 0.224 e. The second-order valence-corrected chi connectivity index (χ2v) is 46.6. The van der Waals surface area contributed by atoms with Gasteiger partial charge in [0.25, 0.3) is 20.2 Å². The van der Waals surface area contributed by atoms with E-state index in [0.717, 1.165) is 121 Å². The average molecular weight is 1590 g/mol. The summed E-state index contributed by atoms with van der Waals surface area (Å²) >= 11 is 0. The van der Waals surface area contributed by atoms with E-state index in [9.17, 15) is 0 Å². The molecule has 6 nitrogen and oxygen atoms in total. The maximum absolute atomic E-state index is 15.8. The molecule has 14 aromatic carbocycles. The fraction of sp³-hybridized carbons (Fsp3) is 0.180. The minimum absolute atomic E-state index is 0.0576. The number of hydrogen-bond donors (Lipinski definition) is 0. The number of unbranched alkanes of at least 4 members (excludes halogenated alkanes) is 10. The normalized spacial score (nSPS) is 12.8. The van der Waals surface area contributed by atoms with Crippen molar-refractivity contribution in [3.63, 3.8) is 0 Å². The third kappa shape index (κ3) is 17.6. The van der Waals surface area contributed by atoms with Crippen molar-refractivity contribution < 1.29 is 25.2 Å². The third-order valence-corrected chi connectivity index (χ3v) is 43.4. The summed E-state index contributed by atoms with van der Waals surface area (Å²) in [7, 11) is -19.0. The molecule has 112 heavy (non-hydrogen) atoms. The Morgan fingerprint density at radius 1 is 0.205 bits per heavy atom. The van der Waals surface area contributed by atoms with Crippen LogP contribution in [0.4, 0.5) is 0 Å². The molecule has 0 aliphatic carbocycles. The molecule has 0 bridgehead atoms. The molecular weight excluding hydrogens is 1490 g/mol. The van der Waals surface area contributed by atoms with Gasteiger partial charge in [-0.3, -0.25) is 0 Å². The SMILES string of the molecule is O=S(=O)(OC(CCCCCCCC[P+](c1ccccc1)(c1ccccc1)c1ccccc1)[P+](c1ccccc1)(c1ccccc1)c1ccccc1)c1ccc2ccc(S(=O)(=O)OC(CCCCCCCC[P+](c3ccccc3)(c3ccccc3)c3ccccc3)[P+](c3ccccc3)(c3ccccc3)c3ccccc3)cc2c1. The van der Waals surface area contributed by atoms with Crippen molar-refractivity contribution in [2.75, 3.05) is 12.3 Å². The van der Waals surface area contributed by atoms with Gasteiger partial charge in [-0.2, -0.15) is 16.8 Å². The van der Waals surface area contributed by atoms with Gasteiger partial charge in [0.05, 0.1) is 22.1 Å². The van der Waals surface area contributed by atoms with Crippen LogP contribution < -0.4 is 63.7 Å². The lowest BCUT2D eigenvalue weighted by atomic mass is 10.1. The van der Waals surface area contributed by atoms with Crippen LogP contribution in [0, 0.1) is 0 Å². The van der Waals surface area contributed by atoms with Crippen LogP contribution in [-0.4, -0.2) is 40.8 Å². The van der Waals surface area contributed by atoms with Crippen molar-refractivity contribution in [3.05, 3.63) is 400 Å². The Morgan fingerprint density at radius 2 is 0.393 bits per heavy atom. The maximum atomic E-state index is 15.8. The van der Waals surface area contributed by atoms with Crippen LogP contribution in [0.2, 0.25) is 0 Å². The minimum Gasteiger partial charge on any atom is -0.224 e. The summed E-state index contributed by atoms with van der Waals surface area (Å²) in [6.45, 7) is 0. The first-order valence-electron chi connectivity index (χ1n) is 39.7. The summed E-state index contributed by atoms with van der Waals surface area (Å²) in [5, 5.41) is 15.6. The predicted molar refractivity (Wildman–Crippen MR) is 483 cm³/mol. The van der Waals surface area contributed by atoms with Crippen LogP contribution in [0.25, 0.3) is 10.8 Å². The highest BCUT2D eigenvalue weighted by atomic mass is 32.2. The van der Waals surface area contributed by atoms with E-state index in [-0.39, 0.29) is 9.79 Å². The van der Waals surface area contributed by atoms with E-state index in [4.69, 9.17) is 8.37 Å². The second-order valence-electron chi connectivity index (χ2n) is 29.0. The van der Waals surface area contributed by atoms with Crippen molar-refractivity contribution in [1.82, 2.24) is 0 Å². The van der Waals surface area contributed by atoms with Gasteiger partial charge in [0.2, 0.25) is 0 Å². The van der Waals surface area contributed by atoms with E-state index in [2.05, 4.69) is 255 Å². The van der Waals surface area contributed by atoms with Crippen molar-refractivity contribution >= 4 is 124 Å². The van der Waals surface area contributed by atoms with Crippen LogP contribution in [0.3, 0.4) is 0 Å². The highest BCUT2D eigenvalue weighted by molar-refractivity contribution is 7.98. The van der Waals surface area contributed by atoms with Gasteiger partial charge < -0.3 is 0 Å². The lowest BCUT2D eigenvalue weighted by Crippen LogP contribution is -2.41. The van der Waals surface area contributed by atoms with E-state index < -0.39 is 61.0 Å². The fourth-order valence-corrected chi connectivity index (χ4v) is 38.2. The Bertz CT molecular complexity index is 4720. The Balaban J connectivity index is 0.739. The molecule has 0 aliphatic rings. The maximum Gasteiger partial charge on any atom is 0.300 e. The first-order valence-corrected chi connectivity index (χ1v) is 50.2. The number of rotatable bonds is 38. The number of fused-ring (bicyclic) bond motifs is 1. The largest absolute Gasteiger partial charge is 0.300 e. The summed E-state index contributed by atoms with van der Waals surface area (Å²) in [6, 6.07) is 139. The fourth-order valence-electron chi connectivity index (χ4n) is 16.9. The van der Waals surface area contributed by atoms with Crippen LogP contribution in [0.1, 0.15) is 89.9 Å². The zero-order chi connectivity index (χ0) is 76.8. The van der Waals surface area contributed by atoms with Crippen molar-refractivity contribution in [2.45, 2.75) is 111 Å². The van der Waals surface area contributed by atoms with E-state index in [1.807, 2.05) is 109 Å². The van der Waals surface area contributed by atoms with Gasteiger partial charge in [-0.25, -0.2) is 8.37 Å². The lowest BCUT2D eigenvalue weighted by molar-refractivity contribution is 0.270. The second kappa shape index (κ2) is 38.1. The Morgan fingerprint density at radius 3 is 0.607 bits per heavy atom. The van der Waals surface area contributed by atoms with Gasteiger partial charge in [-0.05, 0) is 219 Å². The van der Waals surface area contributed by atoms with Gasteiger partial charge in [-0.1, -0.05) is 269 Å². The lowest BCUT2D eigenvalue weighted by Gasteiger charge is -2.34. The molecule has 0 aromatic heterocycles. The molecule has 12 heteroatoms. The molecule has 0 amide bonds. The molecule has 0 fully saturated rings. The quantitative estimate of drug-likeness (QED) is 0.0218. The van der Waals surface area contributed by atoms with Gasteiger partial charge in [0.15, 0.2) is 11.7 Å². The predicted octanol–water partition coefficient (Wildman–Crippen LogP) is 20.3. The van der Waals surface area contributed by atoms with Gasteiger partial charge in [0, 0.05) is 12.8 Å². The van der Waals surface area contributed by atoms with Crippen molar-refractivity contribution in [2.24, 2.45) is 0 Å². The molecule has 2 unspecified atom stereocenters. The van der Waals surface area contributed by atoms with Crippen molar-refractivity contribution in [3.8, 4) is 0 Å². The zero-order valence-corrected chi connectivity index (χ0v) is 68.8. The molecule has 564 valence electrons. The molecule has 14 aromatic rings. The van der Waals surface area contributed by atoms with Crippen LogP contribution in [0.5, 0.6) is 0 Å². The standard InChI is InChI=1S/C100H100O6P4S2/c101-111(102,105-99(109(91-61-33-15-34-62-91,92-63-35-16-36-64-92)93-65-37-17-38-66-93)73-45-5-1-3-7-47-79-107(85-49-21-9-22-50-85,86-51-23-10-24-52-86)87-53-25-11-26-54-87)97-77-75-83-76-78-98(82-84(83)81-97)112(103,104)106-100(110(94-67-39-18-40-68-94,95-69-41-19-42-70-95)96-71-43-20-44-72-96)74-46-6-2-4-8-48-80-108(88-55-27-12-28-56-88,89-57-29-13-30-58-89)90-59-31-14-32-60-90/h9-44,49-72,75-78,81-82,99-100H,1-8,45-48,73-74,79-80H2/q+4. The summed E-state index contributed by atoms with van der Waals surface area (Å²) in [5.41, 5.74) is 0. The van der Waals surface area contributed by atoms with E-state index in [1.165, 1.54) is 31.8 Å². The molecule has 0 heterocycles. The molecular formula is C100H100O6P4S2+4. The van der Waals surface area contributed by atoms with E-state index >= 15 is 16.8 Å². The molecule has 0 radical (unpaired) electrons. The summed E-state index contributed by atoms with van der Waals surface area (Å²) in [5.74, 6) is -1.64. The van der Waals surface area contributed by atoms with Gasteiger partial charge in [0.1, 0.15) is 92.7 Å². The van der Waals surface area contributed by atoms with Crippen LogP contribution >= 0.6 is 29.0 Å². The third-order valence-electron chi connectivity index (χ3n) is 22.3. The topological polar surface area (TPSA) is 86.7 Å². The van der Waals surface area contributed by atoms with Crippen LogP contribution in [-0.2, 0) is 28.6 Å². The molecule has 14 rings (SSSR count). The molecule has 0 aliphatic heterocycles. The monoisotopic (exact) mass is 1580 g/mol. The first kappa shape index (κ1) is 79.5. The summed E-state index contributed by atoms with van der Waals surface area (Å²) in [6.07, 6.45) is 14.6. The molecule has 2 atom stereocenters. The molecule has 0 saturated heterocycles.